The molecule has 0 aromatic carbocycles. The van der Waals surface area contributed by atoms with Gasteiger partial charge in [0.25, 0.3) is 0 Å². The summed E-state index contributed by atoms with van der Waals surface area (Å²) < 4.78 is 34.2. The third-order valence-corrected chi connectivity index (χ3v) is 16.0. The molecule has 1 amide bonds. The molecule has 3 fully saturated rings. The molecule has 0 radical (unpaired) electrons. The summed E-state index contributed by atoms with van der Waals surface area (Å²) in [5, 5.41) is 120. The van der Waals surface area contributed by atoms with E-state index in [-0.39, 0.29) is 18.9 Å². The van der Waals surface area contributed by atoms with Gasteiger partial charge in [-0.3, -0.25) is 4.79 Å². The Balaban J connectivity index is 1.35. The molecule has 3 aliphatic heterocycles. The third-order valence-electron chi connectivity index (χ3n) is 16.0. The number of hydrogen-bond donors (Lipinski definition) is 12. The second kappa shape index (κ2) is 52.2. The van der Waals surface area contributed by atoms with Gasteiger partial charge in [0.2, 0.25) is 5.91 Å². The molecule has 0 aromatic heterocycles. The molecule has 0 spiro atoms. The van der Waals surface area contributed by atoms with Crippen LogP contribution >= 0.6 is 0 Å². The number of rotatable bonds is 49. The van der Waals surface area contributed by atoms with Crippen LogP contribution in [0.4, 0.5) is 0 Å². The molecule has 0 saturated carbocycles. The van der Waals surface area contributed by atoms with Crippen molar-refractivity contribution < 1.29 is 89.4 Å². The Kier molecular flexibility index (Phi) is 46.6. The highest BCUT2D eigenvalue weighted by molar-refractivity contribution is 5.76. The van der Waals surface area contributed by atoms with Crippen molar-refractivity contribution in [1.29, 1.82) is 0 Å². The fourth-order valence-corrected chi connectivity index (χ4v) is 10.5. The molecule has 3 heterocycles. The summed E-state index contributed by atoms with van der Waals surface area (Å²) in [6.45, 7) is 1.52. The van der Waals surface area contributed by atoms with E-state index in [1.165, 1.54) is 25.7 Å². The predicted octanol–water partition coefficient (Wildman–Crippen LogP) is 8.60. The number of aliphatic hydroxyl groups is 11. The smallest absolute Gasteiger partial charge is 0.220 e. The highest BCUT2D eigenvalue weighted by Crippen LogP contribution is 2.33. The van der Waals surface area contributed by atoms with E-state index in [0.29, 0.717) is 6.42 Å². The molecule has 518 valence electrons. The molecular formula is C72H117NO18. The fraction of sp³-hybridized carbons (Fsp3) is 0.681. The number of allylic oxidation sites excluding steroid dienone is 21. The first kappa shape index (κ1) is 81.2. The van der Waals surface area contributed by atoms with Crippen molar-refractivity contribution in [3.8, 4) is 0 Å². The fourth-order valence-electron chi connectivity index (χ4n) is 10.5. The average Bonchev–Trinajstić information content (AvgIpc) is 0.826. The minimum Gasteiger partial charge on any atom is -0.394 e. The molecule has 19 nitrogen and oxygen atoms in total. The minimum atomic E-state index is -1.98. The zero-order valence-corrected chi connectivity index (χ0v) is 54.5. The first-order valence-corrected chi connectivity index (χ1v) is 33.9. The SMILES string of the molecule is CC/C=C\C/C=C\C/C=C\C/C=C\C/C=C\C/C=C\C/C=C\C/C=C\C/C=C\C/C=C\CCCCCCCCC(=O)NC(COC1OC(CO)C(OC2OC(CO)C(OC3OC(CO)C(O)C(O)C3O)C(O)C2O)C(O)C1O)C(O)/C=C/CCCCCCCCC. The summed E-state index contributed by atoms with van der Waals surface area (Å²) in [5.41, 5.74) is 0. The van der Waals surface area contributed by atoms with Gasteiger partial charge in [-0.05, 0) is 96.3 Å². The Morgan fingerprint density at radius 2 is 0.758 bits per heavy atom. The standard InChI is InChI=1S/C72H117NO18/c1-3-5-7-9-11-13-14-15-16-17-18-19-20-21-22-23-24-25-26-27-28-29-30-31-32-33-34-35-36-37-38-39-40-42-44-46-48-50-60(78)73-55(56(77)49-47-45-43-41-12-10-8-6-4-2)54-86-70-66(84)63(81)68(58(52-75)88-70)91-72-67(85)64(82)69(59(53-76)89-72)90-71-65(83)62(80)61(79)57(51-74)87-71/h5,7,11,13,15-16,18-19,21-22,24-25,27-28,30-31,33-34,36-37,47,49,55-59,61-72,74-77,79-85H,3-4,6,8-10,12,14,17,20,23,26,29,32,35,38-46,48,50-54H2,1-2H3,(H,73,78)/b7-5-,13-11-,16-15-,19-18-,22-21-,25-24-,28-27-,31-30-,34-33-,37-36-,49-47+. The van der Waals surface area contributed by atoms with Gasteiger partial charge in [0.05, 0.1) is 38.6 Å². The molecule has 0 aromatic rings. The molecule has 3 saturated heterocycles. The Morgan fingerprint density at radius 3 is 1.19 bits per heavy atom. The van der Waals surface area contributed by atoms with Gasteiger partial charge in [0.15, 0.2) is 18.9 Å². The minimum absolute atomic E-state index is 0.216. The molecule has 0 aliphatic carbocycles. The highest BCUT2D eigenvalue weighted by Gasteiger charge is 2.53. The van der Waals surface area contributed by atoms with Crippen LogP contribution in [0.2, 0.25) is 0 Å². The number of carbonyl (C=O) groups excluding carboxylic acids is 1. The molecule has 3 rings (SSSR count). The lowest BCUT2D eigenvalue weighted by molar-refractivity contribution is -0.379. The van der Waals surface area contributed by atoms with E-state index >= 15 is 0 Å². The van der Waals surface area contributed by atoms with Gasteiger partial charge in [0, 0.05) is 6.42 Å². The van der Waals surface area contributed by atoms with Crippen LogP contribution in [0, 0.1) is 0 Å². The van der Waals surface area contributed by atoms with Gasteiger partial charge in [-0.1, -0.05) is 212 Å². The average molecular weight is 1280 g/mol. The molecular weight excluding hydrogens is 1170 g/mol. The Hall–Kier alpha value is -4.07. The number of hydrogen-bond acceptors (Lipinski definition) is 18. The maximum absolute atomic E-state index is 13.3. The zero-order chi connectivity index (χ0) is 66.1. The van der Waals surface area contributed by atoms with E-state index in [4.69, 9.17) is 28.4 Å². The van der Waals surface area contributed by atoms with Crippen molar-refractivity contribution in [3.63, 3.8) is 0 Å². The van der Waals surface area contributed by atoms with Crippen LogP contribution in [-0.4, -0.2) is 193 Å². The van der Waals surface area contributed by atoms with Crippen LogP contribution in [0.3, 0.4) is 0 Å². The second-order valence-electron chi connectivity index (χ2n) is 23.6. The quantitative estimate of drug-likeness (QED) is 0.0200. The Labute approximate surface area is 543 Å². The van der Waals surface area contributed by atoms with Crippen LogP contribution in [0.5, 0.6) is 0 Å². The summed E-state index contributed by atoms with van der Waals surface area (Å²) in [6.07, 6.45) is 46.0. The van der Waals surface area contributed by atoms with Crippen LogP contribution in [0.25, 0.3) is 0 Å². The summed E-state index contributed by atoms with van der Waals surface area (Å²) in [6, 6.07) is -0.989. The van der Waals surface area contributed by atoms with Crippen molar-refractivity contribution in [3.05, 3.63) is 134 Å². The molecule has 3 aliphatic rings. The van der Waals surface area contributed by atoms with Gasteiger partial charge in [0.1, 0.15) is 73.2 Å². The topological polar surface area (TPSA) is 307 Å². The van der Waals surface area contributed by atoms with Crippen LogP contribution < -0.4 is 5.32 Å². The summed E-state index contributed by atoms with van der Waals surface area (Å²) >= 11 is 0. The second-order valence-corrected chi connectivity index (χ2v) is 23.6. The third kappa shape index (κ3) is 34.3. The summed E-state index contributed by atoms with van der Waals surface area (Å²) in [7, 11) is 0. The normalized spacial score (nSPS) is 28.7. The number of carbonyl (C=O) groups is 1. The van der Waals surface area contributed by atoms with Crippen LogP contribution in [0.15, 0.2) is 134 Å². The highest BCUT2D eigenvalue weighted by atomic mass is 16.8. The maximum Gasteiger partial charge on any atom is 0.220 e. The van der Waals surface area contributed by atoms with Crippen molar-refractivity contribution in [2.75, 3.05) is 26.4 Å². The van der Waals surface area contributed by atoms with Gasteiger partial charge in [-0.25, -0.2) is 0 Å². The van der Waals surface area contributed by atoms with E-state index in [1.54, 1.807) is 6.08 Å². The number of ether oxygens (including phenoxy) is 6. The Bertz CT molecular complexity index is 2170. The number of amides is 1. The molecule has 17 atom stereocenters. The van der Waals surface area contributed by atoms with E-state index < -0.39 is 124 Å². The lowest BCUT2D eigenvalue weighted by Crippen LogP contribution is -2.66. The molecule has 91 heavy (non-hydrogen) atoms. The summed E-state index contributed by atoms with van der Waals surface area (Å²) in [4.78, 5) is 13.3. The van der Waals surface area contributed by atoms with Crippen molar-refractivity contribution >= 4 is 5.91 Å². The van der Waals surface area contributed by atoms with E-state index in [9.17, 15) is 61.0 Å². The lowest BCUT2D eigenvalue weighted by Gasteiger charge is -2.48. The molecule has 12 N–H and O–H groups in total. The largest absolute Gasteiger partial charge is 0.394 e. The van der Waals surface area contributed by atoms with Gasteiger partial charge >= 0.3 is 0 Å². The Morgan fingerprint density at radius 1 is 0.407 bits per heavy atom. The van der Waals surface area contributed by atoms with E-state index in [0.717, 1.165) is 128 Å². The molecule has 17 unspecified atom stereocenters. The number of nitrogens with one attached hydrogen (secondary N) is 1. The van der Waals surface area contributed by atoms with Crippen LogP contribution in [0.1, 0.15) is 181 Å². The monoisotopic (exact) mass is 1280 g/mol. The summed E-state index contributed by atoms with van der Waals surface area (Å²) in [5.74, 6) is -0.300. The molecule has 0 bridgehead atoms. The van der Waals surface area contributed by atoms with Crippen molar-refractivity contribution in [1.82, 2.24) is 5.32 Å². The van der Waals surface area contributed by atoms with Crippen molar-refractivity contribution in [2.45, 2.75) is 285 Å². The number of unbranched alkanes of at least 4 members (excludes halogenated alkanes) is 13. The van der Waals surface area contributed by atoms with Gasteiger partial charge in [-0.15, -0.1) is 0 Å². The van der Waals surface area contributed by atoms with Crippen LogP contribution in [-0.2, 0) is 33.2 Å². The predicted molar refractivity (Wildman–Crippen MR) is 355 cm³/mol. The first-order valence-electron chi connectivity index (χ1n) is 33.9. The first-order chi connectivity index (χ1) is 44.3. The van der Waals surface area contributed by atoms with E-state index in [2.05, 4.69) is 141 Å². The maximum atomic E-state index is 13.3. The molecule has 19 heteroatoms. The van der Waals surface area contributed by atoms with Gasteiger partial charge < -0.3 is 89.9 Å². The van der Waals surface area contributed by atoms with Gasteiger partial charge in [-0.2, -0.15) is 0 Å². The van der Waals surface area contributed by atoms with Crippen molar-refractivity contribution in [2.24, 2.45) is 0 Å². The lowest BCUT2D eigenvalue weighted by atomic mass is 9.96. The number of aliphatic hydroxyl groups excluding tert-OH is 11. The zero-order valence-electron chi connectivity index (χ0n) is 54.5. The van der Waals surface area contributed by atoms with E-state index in [1.807, 2.05) is 6.08 Å².